The van der Waals surface area contributed by atoms with Crippen LogP contribution in [0.4, 0.5) is 5.82 Å². The first kappa shape index (κ1) is 17.1. The third kappa shape index (κ3) is 2.75. The fourth-order valence-electron chi connectivity index (χ4n) is 5.15. The fourth-order valence-corrected chi connectivity index (χ4v) is 6.00. The van der Waals surface area contributed by atoms with Gasteiger partial charge in [-0.25, -0.2) is 9.97 Å². The Labute approximate surface area is 163 Å². The van der Waals surface area contributed by atoms with Gasteiger partial charge in [-0.2, -0.15) is 0 Å². The zero-order chi connectivity index (χ0) is 18.6. The maximum atomic E-state index is 12.5. The predicted octanol–water partition coefficient (Wildman–Crippen LogP) is 2.57. The van der Waals surface area contributed by atoms with Crippen LogP contribution >= 0.6 is 11.3 Å². The Balaban J connectivity index is 1.31. The van der Waals surface area contributed by atoms with Crippen molar-refractivity contribution in [3.05, 3.63) is 40.0 Å². The van der Waals surface area contributed by atoms with E-state index in [9.17, 15) is 4.79 Å². The number of rotatable bonds is 4. The van der Waals surface area contributed by atoms with E-state index in [0.717, 1.165) is 48.0 Å². The van der Waals surface area contributed by atoms with E-state index in [0.29, 0.717) is 18.4 Å². The molecule has 0 radical (unpaired) electrons. The van der Waals surface area contributed by atoms with Gasteiger partial charge in [0.05, 0.1) is 16.6 Å². The van der Waals surface area contributed by atoms with Gasteiger partial charge in [0.25, 0.3) is 5.91 Å². The number of hydrogen-bond donors (Lipinski definition) is 1. The number of ether oxygens (including phenoxy) is 1. The summed E-state index contributed by atoms with van der Waals surface area (Å²) in [5.74, 6) is 2.63. The number of nitrogens with one attached hydrogen (secondary N) is 1. The number of aromatic nitrogens is 2. The second-order valence-corrected chi connectivity index (χ2v) is 8.93. The number of hydrogen-bond acceptors (Lipinski definition) is 6. The number of fused-ring (bicyclic) bond motifs is 1. The van der Waals surface area contributed by atoms with E-state index in [4.69, 9.17) is 4.74 Å². The molecule has 0 aliphatic carbocycles. The summed E-state index contributed by atoms with van der Waals surface area (Å²) in [5, 5.41) is 5.14. The number of carbonyl (C=O) groups is 1. The van der Waals surface area contributed by atoms with Crippen molar-refractivity contribution >= 4 is 23.1 Å². The average molecular weight is 385 g/mol. The second kappa shape index (κ2) is 6.27. The summed E-state index contributed by atoms with van der Waals surface area (Å²) in [5.41, 5.74) is 0.974. The molecule has 2 aromatic rings. The molecule has 3 fully saturated rings. The molecule has 0 aromatic carbocycles. The van der Waals surface area contributed by atoms with Gasteiger partial charge in [-0.15, -0.1) is 11.3 Å². The van der Waals surface area contributed by atoms with Crippen molar-refractivity contribution in [1.29, 1.82) is 0 Å². The summed E-state index contributed by atoms with van der Waals surface area (Å²) in [6.45, 7) is 6.42. The topological polar surface area (TPSA) is 67.4 Å². The molecule has 1 amide bonds. The molecule has 2 aromatic heterocycles. The third-order valence-corrected chi connectivity index (χ3v) is 7.45. The summed E-state index contributed by atoms with van der Waals surface area (Å²) >= 11 is 1.51. The van der Waals surface area contributed by atoms with Gasteiger partial charge in [0.1, 0.15) is 11.6 Å². The highest BCUT2D eigenvalue weighted by Crippen LogP contribution is 2.55. The van der Waals surface area contributed by atoms with Crippen molar-refractivity contribution in [1.82, 2.24) is 15.3 Å². The van der Waals surface area contributed by atoms with Crippen LogP contribution in [0.25, 0.3) is 0 Å². The highest BCUT2D eigenvalue weighted by Gasteiger charge is 2.63. The fraction of sp³-hybridized carbons (Fsp3) is 0.550. The molecule has 0 unspecified atom stereocenters. The smallest absolute Gasteiger partial charge is 0.261 e. The van der Waals surface area contributed by atoms with Crippen molar-refractivity contribution in [2.75, 3.05) is 24.5 Å². The molecule has 3 aliphatic heterocycles. The van der Waals surface area contributed by atoms with Gasteiger partial charge < -0.3 is 15.0 Å². The standard InChI is InChI=1S/C20H24N4O2S/c1-12-5-8-27-18(12)19(25)22-9-14-15-10-24(17-4-7-21-13(2)23-17)11-20(15)6-3-16(14)26-20/h4-5,7-8,14-16H,3,6,9-11H2,1-2H3,(H,22,25)/t14-,15+,16+,20+/m0/s1. The van der Waals surface area contributed by atoms with Crippen LogP contribution in [0.5, 0.6) is 0 Å². The van der Waals surface area contributed by atoms with E-state index in [2.05, 4.69) is 20.2 Å². The summed E-state index contributed by atoms with van der Waals surface area (Å²) in [7, 11) is 0. The van der Waals surface area contributed by atoms with Crippen LogP contribution < -0.4 is 10.2 Å². The maximum Gasteiger partial charge on any atom is 0.261 e. The lowest BCUT2D eigenvalue weighted by Crippen LogP contribution is -2.41. The average Bonchev–Trinajstić information content (AvgIpc) is 3.39. The molecule has 142 valence electrons. The Bertz CT molecular complexity index is 884. The van der Waals surface area contributed by atoms with Crippen molar-refractivity contribution in [3.63, 3.8) is 0 Å². The summed E-state index contributed by atoms with van der Waals surface area (Å²) in [6.07, 6.45) is 4.29. The van der Waals surface area contributed by atoms with Crippen LogP contribution in [0.3, 0.4) is 0 Å². The molecule has 3 aliphatic rings. The number of nitrogens with zero attached hydrogens (tertiary/aromatic N) is 3. The quantitative estimate of drug-likeness (QED) is 0.878. The second-order valence-electron chi connectivity index (χ2n) is 8.02. The molecule has 5 heterocycles. The molecule has 1 N–H and O–H groups in total. The molecule has 3 saturated heterocycles. The highest BCUT2D eigenvalue weighted by molar-refractivity contribution is 7.12. The molecule has 6 nitrogen and oxygen atoms in total. The van der Waals surface area contributed by atoms with E-state index >= 15 is 0 Å². The molecular weight excluding hydrogens is 360 g/mol. The van der Waals surface area contributed by atoms with E-state index in [1.165, 1.54) is 11.3 Å². The lowest BCUT2D eigenvalue weighted by molar-refractivity contribution is 0.0141. The summed E-state index contributed by atoms with van der Waals surface area (Å²) in [4.78, 5) is 24.5. The monoisotopic (exact) mass is 384 g/mol. The molecule has 7 heteroatoms. The first-order valence-electron chi connectivity index (χ1n) is 9.60. The van der Waals surface area contributed by atoms with E-state index in [1.54, 1.807) is 0 Å². The van der Waals surface area contributed by atoms with Crippen LogP contribution in [0.2, 0.25) is 0 Å². The Morgan fingerprint density at radius 3 is 3.11 bits per heavy atom. The molecule has 0 saturated carbocycles. The van der Waals surface area contributed by atoms with Gasteiger partial charge in [-0.1, -0.05) is 0 Å². The minimum absolute atomic E-state index is 0.0422. The maximum absolute atomic E-state index is 12.5. The van der Waals surface area contributed by atoms with Crippen molar-refractivity contribution in [2.45, 2.75) is 38.4 Å². The molecule has 2 bridgehead atoms. The first-order chi connectivity index (χ1) is 13.1. The van der Waals surface area contributed by atoms with Gasteiger partial charge in [0, 0.05) is 37.7 Å². The van der Waals surface area contributed by atoms with Crippen molar-refractivity contribution in [2.24, 2.45) is 11.8 Å². The molecule has 27 heavy (non-hydrogen) atoms. The minimum Gasteiger partial charge on any atom is -0.369 e. The number of carbonyl (C=O) groups excluding carboxylic acids is 1. The van der Waals surface area contributed by atoms with Gasteiger partial charge in [0.15, 0.2) is 0 Å². The molecule has 5 rings (SSSR count). The van der Waals surface area contributed by atoms with Gasteiger partial charge in [0.2, 0.25) is 0 Å². The summed E-state index contributed by atoms with van der Waals surface area (Å²) in [6, 6.07) is 3.97. The first-order valence-corrected chi connectivity index (χ1v) is 10.5. The third-order valence-electron chi connectivity index (χ3n) is 6.44. The van der Waals surface area contributed by atoms with E-state index in [-0.39, 0.29) is 17.6 Å². The number of amides is 1. The Kier molecular flexibility index (Phi) is 3.98. The molecular formula is C20H24N4O2S. The van der Waals surface area contributed by atoms with Crippen LogP contribution in [0, 0.1) is 25.7 Å². The predicted molar refractivity (Wildman–Crippen MR) is 104 cm³/mol. The SMILES string of the molecule is Cc1nccc(N2C[C@@H]3[C@H](CNC(=O)c4sccc4C)[C@H]4CC[C@]3(C2)O4)n1. The van der Waals surface area contributed by atoms with Gasteiger partial charge in [-0.3, -0.25) is 4.79 Å². The minimum atomic E-state index is -0.0717. The Hall–Kier alpha value is -1.99. The van der Waals surface area contributed by atoms with Gasteiger partial charge >= 0.3 is 0 Å². The molecule has 4 atom stereocenters. The van der Waals surface area contributed by atoms with Crippen LogP contribution in [-0.2, 0) is 4.74 Å². The summed E-state index contributed by atoms with van der Waals surface area (Å²) < 4.78 is 6.49. The number of thiophene rings is 1. The zero-order valence-corrected chi connectivity index (χ0v) is 16.5. The molecule has 1 spiro atoms. The lowest BCUT2D eigenvalue weighted by Gasteiger charge is -2.29. The zero-order valence-electron chi connectivity index (χ0n) is 15.6. The number of anilines is 1. The van der Waals surface area contributed by atoms with Crippen LogP contribution in [0.1, 0.15) is 33.9 Å². The van der Waals surface area contributed by atoms with Crippen LogP contribution in [0.15, 0.2) is 23.7 Å². The normalized spacial score (nSPS) is 31.3. The Morgan fingerprint density at radius 1 is 1.44 bits per heavy atom. The lowest BCUT2D eigenvalue weighted by atomic mass is 9.73. The van der Waals surface area contributed by atoms with Crippen LogP contribution in [-0.4, -0.2) is 47.2 Å². The largest absolute Gasteiger partial charge is 0.369 e. The Morgan fingerprint density at radius 2 is 2.33 bits per heavy atom. The van der Waals surface area contributed by atoms with Gasteiger partial charge in [-0.05, 0) is 49.8 Å². The van der Waals surface area contributed by atoms with E-state index in [1.807, 2.05) is 37.6 Å². The van der Waals surface area contributed by atoms with E-state index < -0.39 is 0 Å². The number of aryl methyl sites for hydroxylation is 2. The highest BCUT2D eigenvalue weighted by atomic mass is 32.1. The van der Waals surface area contributed by atoms with Crippen molar-refractivity contribution in [3.8, 4) is 0 Å². The van der Waals surface area contributed by atoms with Crippen molar-refractivity contribution < 1.29 is 9.53 Å².